The molecule has 0 unspecified atom stereocenters. The second kappa shape index (κ2) is 7.15. The maximum atomic E-state index is 13.2. The summed E-state index contributed by atoms with van der Waals surface area (Å²) in [6.45, 7) is 6.81. The molecule has 1 aliphatic heterocycles. The van der Waals surface area contributed by atoms with Gasteiger partial charge in [0.1, 0.15) is 0 Å². The minimum Gasteiger partial charge on any atom is -0.349 e. The summed E-state index contributed by atoms with van der Waals surface area (Å²) in [4.78, 5) is 25.9. The van der Waals surface area contributed by atoms with Gasteiger partial charge in [0.15, 0.2) is 11.6 Å². The first kappa shape index (κ1) is 18.2. The monoisotopic (exact) mass is 339 g/mol. The molecule has 0 aromatic heterocycles. The minimum atomic E-state index is -1.05. The fraction of sp³-hybridized carbons (Fsp3) is 0.529. The fourth-order valence-corrected chi connectivity index (χ4v) is 2.53. The summed E-state index contributed by atoms with van der Waals surface area (Å²) in [5.74, 6) is -2.47. The van der Waals surface area contributed by atoms with E-state index in [0.717, 1.165) is 12.1 Å². The SMILES string of the molecule is CC(C)(C)NC(=O)N1CCC(NC(=O)c2ccc(F)c(F)c2)CC1. The summed E-state index contributed by atoms with van der Waals surface area (Å²) < 4.78 is 26.1. The van der Waals surface area contributed by atoms with Gasteiger partial charge in [0, 0.05) is 30.2 Å². The average Bonchev–Trinajstić information content (AvgIpc) is 2.49. The normalized spacial score (nSPS) is 16.0. The van der Waals surface area contributed by atoms with E-state index in [-0.39, 0.29) is 23.2 Å². The first-order chi connectivity index (χ1) is 11.2. The maximum absolute atomic E-state index is 13.2. The molecule has 0 bridgehead atoms. The number of nitrogens with one attached hydrogen (secondary N) is 2. The van der Waals surface area contributed by atoms with Crippen molar-refractivity contribution in [2.75, 3.05) is 13.1 Å². The highest BCUT2D eigenvalue weighted by Gasteiger charge is 2.26. The number of carbonyl (C=O) groups excluding carboxylic acids is 2. The van der Waals surface area contributed by atoms with Crippen molar-refractivity contribution in [2.24, 2.45) is 0 Å². The van der Waals surface area contributed by atoms with Gasteiger partial charge >= 0.3 is 6.03 Å². The summed E-state index contributed by atoms with van der Waals surface area (Å²) in [5, 5.41) is 5.71. The molecule has 1 saturated heterocycles. The highest BCUT2D eigenvalue weighted by Crippen LogP contribution is 2.14. The summed E-state index contributed by atoms with van der Waals surface area (Å²) in [7, 11) is 0. The van der Waals surface area contributed by atoms with E-state index >= 15 is 0 Å². The topological polar surface area (TPSA) is 61.4 Å². The van der Waals surface area contributed by atoms with Crippen molar-refractivity contribution in [1.29, 1.82) is 0 Å². The number of benzene rings is 1. The first-order valence-corrected chi connectivity index (χ1v) is 7.99. The van der Waals surface area contributed by atoms with Crippen molar-refractivity contribution in [3.63, 3.8) is 0 Å². The van der Waals surface area contributed by atoms with Crippen molar-refractivity contribution in [3.8, 4) is 0 Å². The number of piperidine rings is 1. The molecule has 5 nitrogen and oxygen atoms in total. The van der Waals surface area contributed by atoms with E-state index in [1.165, 1.54) is 6.07 Å². The van der Waals surface area contributed by atoms with Crippen molar-refractivity contribution in [2.45, 2.75) is 45.2 Å². The molecule has 1 fully saturated rings. The van der Waals surface area contributed by atoms with Crippen LogP contribution in [0.1, 0.15) is 44.0 Å². The second-order valence-corrected chi connectivity index (χ2v) is 7.04. The predicted octanol–water partition coefficient (Wildman–Crippen LogP) is 2.67. The molecule has 0 spiro atoms. The summed E-state index contributed by atoms with van der Waals surface area (Å²) >= 11 is 0. The van der Waals surface area contributed by atoms with Crippen LogP contribution in [0.5, 0.6) is 0 Å². The number of halogens is 2. The van der Waals surface area contributed by atoms with E-state index < -0.39 is 17.5 Å². The molecule has 0 saturated carbocycles. The van der Waals surface area contributed by atoms with E-state index in [4.69, 9.17) is 0 Å². The quantitative estimate of drug-likeness (QED) is 0.870. The number of hydrogen-bond donors (Lipinski definition) is 2. The van der Waals surface area contributed by atoms with E-state index in [0.29, 0.717) is 25.9 Å². The zero-order valence-electron chi connectivity index (χ0n) is 14.2. The summed E-state index contributed by atoms with van der Waals surface area (Å²) in [6, 6.07) is 2.86. The third kappa shape index (κ3) is 4.91. The lowest BCUT2D eigenvalue weighted by atomic mass is 10.0. The van der Waals surface area contributed by atoms with Gasteiger partial charge < -0.3 is 15.5 Å². The van der Waals surface area contributed by atoms with Crippen molar-refractivity contribution < 1.29 is 18.4 Å². The predicted molar refractivity (Wildman–Crippen MR) is 86.7 cm³/mol. The molecule has 7 heteroatoms. The first-order valence-electron chi connectivity index (χ1n) is 7.99. The van der Waals surface area contributed by atoms with Gasteiger partial charge in [-0.15, -0.1) is 0 Å². The molecule has 132 valence electrons. The number of carbonyl (C=O) groups is 2. The fourth-order valence-electron chi connectivity index (χ4n) is 2.53. The van der Waals surface area contributed by atoms with Gasteiger partial charge in [-0.25, -0.2) is 13.6 Å². The Morgan fingerprint density at radius 1 is 1.12 bits per heavy atom. The van der Waals surface area contributed by atoms with Crippen LogP contribution in [0.25, 0.3) is 0 Å². The van der Waals surface area contributed by atoms with Crippen LogP contribution in [0.15, 0.2) is 18.2 Å². The van der Waals surface area contributed by atoms with Crippen LogP contribution in [0.3, 0.4) is 0 Å². The van der Waals surface area contributed by atoms with Crippen LogP contribution in [-0.4, -0.2) is 41.5 Å². The second-order valence-electron chi connectivity index (χ2n) is 7.04. The largest absolute Gasteiger partial charge is 0.349 e. The Bertz CT molecular complexity index is 621. The maximum Gasteiger partial charge on any atom is 0.317 e. The van der Waals surface area contributed by atoms with Gasteiger partial charge in [0.25, 0.3) is 5.91 Å². The zero-order chi connectivity index (χ0) is 17.9. The summed E-state index contributed by atoms with van der Waals surface area (Å²) in [6.07, 6.45) is 1.24. The Hall–Kier alpha value is -2.18. The lowest BCUT2D eigenvalue weighted by molar-refractivity contribution is 0.0916. The number of nitrogens with zero attached hydrogens (tertiary/aromatic N) is 1. The number of amides is 3. The Kier molecular flexibility index (Phi) is 5.41. The minimum absolute atomic E-state index is 0.0850. The van der Waals surface area contributed by atoms with Crippen LogP contribution in [0, 0.1) is 11.6 Å². The van der Waals surface area contributed by atoms with Gasteiger partial charge in [-0.1, -0.05) is 0 Å². The Morgan fingerprint density at radius 3 is 2.29 bits per heavy atom. The molecule has 0 radical (unpaired) electrons. The van der Waals surface area contributed by atoms with Crippen molar-refractivity contribution in [1.82, 2.24) is 15.5 Å². The molecule has 1 aliphatic rings. The van der Waals surface area contributed by atoms with Gasteiger partial charge in [-0.3, -0.25) is 4.79 Å². The third-order valence-electron chi connectivity index (χ3n) is 3.78. The zero-order valence-corrected chi connectivity index (χ0v) is 14.2. The highest BCUT2D eigenvalue weighted by molar-refractivity contribution is 5.94. The van der Waals surface area contributed by atoms with Gasteiger partial charge in [0.2, 0.25) is 0 Å². The molecule has 0 atom stereocenters. The molecule has 0 aliphatic carbocycles. The average molecular weight is 339 g/mol. The van der Waals surface area contributed by atoms with Crippen LogP contribution < -0.4 is 10.6 Å². The summed E-state index contributed by atoms with van der Waals surface area (Å²) in [5.41, 5.74) is -0.212. The van der Waals surface area contributed by atoms with E-state index in [2.05, 4.69) is 10.6 Å². The molecule has 2 rings (SSSR count). The molecule has 1 aromatic carbocycles. The molecule has 24 heavy (non-hydrogen) atoms. The molecular formula is C17H23F2N3O2. The van der Waals surface area contributed by atoms with Crippen LogP contribution in [0.4, 0.5) is 13.6 Å². The van der Waals surface area contributed by atoms with Crippen molar-refractivity contribution in [3.05, 3.63) is 35.4 Å². The van der Waals surface area contributed by atoms with Crippen molar-refractivity contribution >= 4 is 11.9 Å². The Balaban J connectivity index is 1.85. The van der Waals surface area contributed by atoms with Crippen LogP contribution in [0.2, 0.25) is 0 Å². The van der Waals surface area contributed by atoms with Gasteiger partial charge in [-0.2, -0.15) is 0 Å². The third-order valence-corrected chi connectivity index (χ3v) is 3.78. The Morgan fingerprint density at radius 2 is 1.75 bits per heavy atom. The lowest BCUT2D eigenvalue weighted by Gasteiger charge is -2.34. The van der Waals surface area contributed by atoms with E-state index in [1.807, 2.05) is 20.8 Å². The van der Waals surface area contributed by atoms with Crippen LogP contribution in [-0.2, 0) is 0 Å². The lowest BCUT2D eigenvalue weighted by Crippen LogP contribution is -2.53. The highest BCUT2D eigenvalue weighted by atomic mass is 19.2. The van der Waals surface area contributed by atoms with E-state index in [1.54, 1.807) is 4.90 Å². The smallest absolute Gasteiger partial charge is 0.317 e. The number of likely N-dealkylation sites (tertiary alicyclic amines) is 1. The van der Waals surface area contributed by atoms with E-state index in [9.17, 15) is 18.4 Å². The number of rotatable bonds is 2. The standard InChI is InChI=1S/C17H23F2N3O2/c1-17(2,3)21-16(24)22-8-6-12(7-9-22)20-15(23)11-4-5-13(18)14(19)10-11/h4-5,10,12H,6-9H2,1-3H3,(H,20,23)(H,21,24). The molecule has 2 N–H and O–H groups in total. The van der Waals surface area contributed by atoms with Gasteiger partial charge in [-0.05, 0) is 51.8 Å². The molecule has 1 aromatic rings. The molecule has 1 heterocycles. The molecule has 3 amide bonds. The Labute approximate surface area is 140 Å². The molecular weight excluding hydrogens is 316 g/mol. The van der Waals surface area contributed by atoms with Crippen LogP contribution >= 0.6 is 0 Å². The number of hydrogen-bond acceptors (Lipinski definition) is 2. The van der Waals surface area contributed by atoms with Gasteiger partial charge in [0.05, 0.1) is 0 Å². The number of urea groups is 1.